The average Bonchev–Trinajstić information content (AvgIpc) is 3.03. The van der Waals surface area contributed by atoms with Crippen LogP contribution in [0.1, 0.15) is 63.0 Å². The zero-order valence-electron chi connectivity index (χ0n) is 14.3. The smallest absolute Gasteiger partial charge is 0.231 e. The minimum Gasteiger partial charge on any atom is -0.454 e. The second-order valence-corrected chi connectivity index (χ2v) is 7.47. The quantitative estimate of drug-likeness (QED) is 0.692. The maximum atomic E-state index is 5.75. The first-order chi connectivity index (χ1) is 11.3. The molecular formula is C21H28O2. The van der Waals surface area contributed by atoms with E-state index in [9.17, 15) is 0 Å². The van der Waals surface area contributed by atoms with Crippen molar-refractivity contribution in [3.05, 3.63) is 34.9 Å². The van der Waals surface area contributed by atoms with E-state index < -0.39 is 0 Å². The summed E-state index contributed by atoms with van der Waals surface area (Å²) in [7, 11) is 0. The predicted octanol–water partition coefficient (Wildman–Crippen LogP) is 5.44. The topological polar surface area (TPSA) is 18.5 Å². The molecule has 2 aliphatic carbocycles. The fraction of sp³-hybridized carbons (Fsp3) is 0.619. The molecule has 0 fully saturated rings. The van der Waals surface area contributed by atoms with Crippen LogP contribution < -0.4 is 9.47 Å². The van der Waals surface area contributed by atoms with Crippen molar-refractivity contribution in [1.82, 2.24) is 0 Å². The summed E-state index contributed by atoms with van der Waals surface area (Å²) in [5.41, 5.74) is 4.57. The summed E-state index contributed by atoms with van der Waals surface area (Å²) < 4.78 is 11.3. The predicted molar refractivity (Wildman–Crippen MR) is 93.0 cm³/mol. The van der Waals surface area contributed by atoms with Crippen molar-refractivity contribution in [2.45, 2.75) is 64.7 Å². The Balaban J connectivity index is 1.56. The second kappa shape index (κ2) is 6.59. The molecule has 2 atom stereocenters. The monoisotopic (exact) mass is 312 g/mol. The van der Waals surface area contributed by atoms with Gasteiger partial charge in [0, 0.05) is 5.56 Å². The molecule has 1 aromatic carbocycles. The van der Waals surface area contributed by atoms with Gasteiger partial charge in [0.05, 0.1) is 0 Å². The molecule has 0 amide bonds. The lowest BCUT2D eigenvalue weighted by molar-refractivity contribution is 0.173. The molecule has 0 N–H and O–H groups in total. The van der Waals surface area contributed by atoms with Gasteiger partial charge in [0.1, 0.15) is 0 Å². The van der Waals surface area contributed by atoms with Crippen LogP contribution >= 0.6 is 0 Å². The molecule has 1 heterocycles. The van der Waals surface area contributed by atoms with E-state index in [-0.39, 0.29) is 0 Å². The molecule has 23 heavy (non-hydrogen) atoms. The molecule has 0 spiro atoms. The number of hydrogen-bond donors (Lipinski definition) is 0. The van der Waals surface area contributed by atoms with Crippen LogP contribution in [0.2, 0.25) is 0 Å². The van der Waals surface area contributed by atoms with Crippen molar-refractivity contribution in [3.8, 4) is 11.5 Å². The molecule has 0 bridgehead atoms. The van der Waals surface area contributed by atoms with Gasteiger partial charge in [-0.3, -0.25) is 0 Å². The van der Waals surface area contributed by atoms with Gasteiger partial charge in [-0.2, -0.15) is 0 Å². The summed E-state index contributed by atoms with van der Waals surface area (Å²) in [4.78, 5) is 0. The number of unbranched alkanes of at least 4 members (excludes halogenated alkanes) is 1. The lowest BCUT2D eigenvalue weighted by Gasteiger charge is -2.31. The van der Waals surface area contributed by atoms with Crippen LogP contribution in [0.25, 0.3) is 0 Å². The SMILES string of the molecule is CCCCC1CC=C2Cc3ccc4c(c3CC2CCC1)OCO4. The zero-order chi connectivity index (χ0) is 15.6. The molecule has 3 aliphatic rings. The molecule has 2 unspecified atom stereocenters. The van der Waals surface area contributed by atoms with Crippen LogP contribution in [0, 0.1) is 11.8 Å². The van der Waals surface area contributed by atoms with Crippen molar-refractivity contribution in [2.75, 3.05) is 6.79 Å². The number of ether oxygens (including phenoxy) is 2. The molecule has 0 radical (unpaired) electrons. The number of allylic oxidation sites excluding steroid dienone is 2. The van der Waals surface area contributed by atoms with Crippen LogP contribution in [-0.4, -0.2) is 6.79 Å². The molecule has 4 rings (SSSR count). The van der Waals surface area contributed by atoms with Crippen molar-refractivity contribution in [3.63, 3.8) is 0 Å². The van der Waals surface area contributed by atoms with Gasteiger partial charge in [0.2, 0.25) is 6.79 Å². The Kier molecular flexibility index (Phi) is 4.33. The Hall–Kier alpha value is -1.44. The maximum absolute atomic E-state index is 5.75. The molecule has 0 saturated carbocycles. The normalized spacial score (nSPS) is 25.9. The number of fused-ring (bicyclic) bond motifs is 4. The van der Waals surface area contributed by atoms with E-state index in [4.69, 9.17) is 9.47 Å². The lowest BCUT2D eigenvalue weighted by Crippen LogP contribution is -2.20. The largest absolute Gasteiger partial charge is 0.454 e. The fourth-order valence-corrected chi connectivity index (χ4v) is 4.57. The van der Waals surface area contributed by atoms with Gasteiger partial charge < -0.3 is 9.47 Å². The molecule has 124 valence electrons. The molecule has 2 heteroatoms. The minimum absolute atomic E-state index is 0.387. The van der Waals surface area contributed by atoms with E-state index in [0.29, 0.717) is 6.79 Å². The van der Waals surface area contributed by atoms with Crippen molar-refractivity contribution in [1.29, 1.82) is 0 Å². The van der Waals surface area contributed by atoms with E-state index in [1.54, 1.807) is 5.57 Å². The first-order valence-electron chi connectivity index (χ1n) is 9.44. The van der Waals surface area contributed by atoms with E-state index in [0.717, 1.165) is 36.2 Å². The summed E-state index contributed by atoms with van der Waals surface area (Å²) in [6.45, 7) is 2.69. The van der Waals surface area contributed by atoms with Gasteiger partial charge in [0.15, 0.2) is 11.5 Å². The van der Waals surface area contributed by atoms with Crippen LogP contribution in [0.4, 0.5) is 0 Å². The van der Waals surface area contributed by atoms with E-state index in [1.165, 1.54) is 56.1 Å². The Morgan fingerprint density at radius 3 is 3.04 bits per heavy atom. The number of benzene rings is 1. The van der Waals surface area contributed by atoms with Gasteiger partial charge in [-0.05, 0) is 49.1 Å². The first-order valence-corrected chi connectivity index (χ1v) is 9.44. The summed E-state index contributed by atoms with van der Waals surface area (Å²) in [5, 5.41) is 0. The van der Waals surface area contributed by atoms with Gasteiger partial charge in [-0.25, -0.2) is 0 Å². The van der Waals surface area contributed by atoms with Gasteiger partial charge in [0.25, 0.3) is 0 Å². The highest BCUT2D eigenvalue weighted by molar-refractivity contribution is 5.55. The van der Waals surface area contributed by atoms with Crippen molar-refractivity contribution < 1.29 is 9.47 Å². The molecule has 2 nitrogen and oxygen atoms in total. The maximum Gasteiger partial charge on any atom is 0.231 e. The minimum atomic E-state index is 0.387. The highest BCUT2D eigenvalue weighted by atomic mass is 16.7. The van der Waals surface area contributed by atoms with E-state index >= 15 is 0 Å². The Morgan fingerprint density at radius 2 is 2.13 bits per heavy atom. The Morgan fingerprint density at radius 1 is 1.17 bits per heavy atom. The van der Waals surface area contributed by atoms with E-state index in [1.807, 2.05) is 0 Å². The van der Waals surface area contributed by atoms with Crippen LogP contribution in [0.15, 0.2) is 23.8 Å². The molecule has 0 aromatic heterocycles. The molecule has 0 saturated heterocycles. The molecule has 1 aromatic rings. The summed E-state index contributed by atoms with van der Waals surface area (Å²) in [6.07, 6.45) is 14.4. The summed E-state index contributed by atoms with van der Waals surface area (Å²) >= 11 is 0. The highest BCUT2D eigenvalue weighted by Gasteiger charge is 2.30. The van der Waals surface area contributed by atoms with Gasteiger partial charge in [-0.1, -0.05) is 56.7 Å². The number of rotatable bonds is 3. The van der Waals surface area contributed by atoms with Gasteiger partial charge in [-0.15, -0.1) is 0 Å². The van der Waals surface area contributed by atoms with Crippen LogP contribution in [0.5, 0.6) is 11.5 Å². The third-order valence-corrected chi connectivity index (χ3v) is 5.95. The third kappa shape index (κ3) is 3.00. The van der Waals surface area contributed by atoms with E-state index in [2.05, 4.69) is 25.1 Å². The Bertz CT molecular complexity index is 602. The molecular weight excluding hydrogens is 284 g/mol. The third-order valence-electron chi connectivity index (χ3n) is 5.95. The average molecular weight is 312 g/mol. The zero-order valence-corrected chi connectivity index (χ0v) is 14.3. The highest BCUT2D eigenvalue weighted by Crippen LogP contribution is 2.45. The van der Waals surface area contributed by atoms with Gasteiger partial charge >= 0.3 is 0 Å². The molecule has 1 aliphatic heterocycles. The van der Waals surface area contributed by atoms with Crippen molar-refractivity contribution >= 4 is 0 Å². The summed E-state index contributed by atoms with van der Waals surface area (Å²) in [5.74, 6) is 3.62. The van der Waals surface area contributed by atoms with Crippen LogP contribution in [-0.2, 0) is 12.8 Å². The number of hydrogen-bond acceptors (Lipinski definition) is 2. The van der Waals surface area contributed by atoms with Crippen molar-refractivity contribution in [2.24, 2.45) is 11.8 Å². The fourth-order valence-electron chi connectivity index (χ4n) is 4.57. The lowest BCUT2D eigenvalue weighted by atomic mass is 9.74. The summed E-state index contributed by atoms with van der Waals surface area (Å²) in [6, 6.07) is 4.35. The standard InChI is InChI=1S/C21H28O2/c1-2-3-5-15-6-4-7-16-13-19-18(12-17(16)9-8-15)10-11-20-21(19)23-14-22-20/h9-11,15-16H,2-8,12-14H2,1H3. The second-order valence-electron chi connectivity index (χ2n) is 7.47. The Labute approximate surface area is 139 Å². The van der Waals surface area contributed by atoms with Crippen LogP contribution in [0.3, 0.4) is 0 Å². The first kappa shape index (κ1) is 15.1.